The van der Waals surface area contributed by atoms with Gasteiger partial charge >= 0.3 is 17.9 Å². The molecule has 0 amide bonds. The average Bonchev–Trinajstić information content (AvgIpc) is 2.76. The van der Waals surface area contributed by atoms with E-state index >= 15 is 0 Å². The molecule has 1 aromatic rings. The third-order valence-corrected chi connectivity index (χ3v) is 5.85. The van der Waals surface area contributed by atoms with E-state index in [9.17, 15) is 19.2 Å². The predicted molar refractivity (Wildman–Crippen MR) is 136 cm³/mol. The maximum absolute atomic E-state index is 13.4. The van der Waals surface area contributed by atoms with Crippen molar-refractivity contribution < 1.29 is 38.5 Å². The van der Waals surface area contributed by atoms with Crippen LogP contribution in [0.15, 0.2) is 24.3 Å². The third-order valence-electron chi connectivity index (χ3n) is 5.85. The van der Waals surface area contributed by atoms with Crippen molar-refractivity contribution >= 4 is 23.7 Å². The van der Waals surface area contributed by atoms with Crippen LogP contribution in [-0.4, -0.2) is 47.1 Å². The molecule has 202 valence electrons. The first-order chi connectivity index (χ1) is 16.8. The van der Waals surface area contributed by atoms with Crippen molar-refractivity contribution in [2.75, 3.05) is 6.61 Å². The molecule has 0 aliphatic carbocycles. The summed E-state index contributed by atoms with van der Waals surface area (Å²) in [7, 11) is 0. The Morgan fingerprint density at radius 1 is 0.944 bits per heavy atom. The second kappa shape index (κ2) is 14.6. The number of carboxylic acids is 1. The van der Waals surface area contributed by atoms with Crippen LogP contribution in [0.4, 0.5) is 0 Å². The number of ether oxygens (including phenoxy) is 3. The van der Waals surface area contributed by atoms with Crippen LogP contribution in [0.25, 0.3) is 0 Å². The third kappa shape index (κ3) is 11.2. The monoisotopic (exact) mass is 506 g/mol. The van der Waals surface area contributed by atoms with E-state index in [-0.39, 0.29) is 30.7 Å². The highest BCUT2D eigenvalue weighted by Gasteiger charge is 2.45. The molecule has 1 N–H and O–H groups in total. The van der Waals surface area contributed by atoms with Gasteiger partial charge in [0.1, 0.15) is 28.7 Å². The highest BCUT2D eigenvalue weighted by atomic mass is 16.6. The van der Waals surface area contributed by atoms with E-state index < -0.39 is 29.6 Å². The van der Waals surface area contributed by atoms with Crippen LogP contribution in [0.5, 0.6) is 5.75 Å². The van der Waals surface area contributed by atoms with Gasteiger partial charge in [-0.3, -0.25) is 14.4 Å². The zero-order valence-corrected chi connectivity index (χ0v) is 22.6. The molecular formula is C28H42O8. The maximum atomic E-state index is 13.4. The topological polar surface area (TPSA) is 116 Å². The number of Topliss-reactive ketones (excluding diaryl/α,β-unsaturated/α-hetero) is 1. The fourth-order valence-electron chi connectivity index (χ4n) is 4.03. The Bertz CT molecular complexity index is 869. The molecule has 1 aromatic carbocycles. The molecule has 8 nitrogen and oxygen atoms in total. The van der Waals surface area contributed by atoms with Crippen LogP contribution >= 0.6 is 0 Å². The van der Waals surface area contributed by atoms with Crippen molar-refractivity contribution in [1.29, 1.82) is 0 Å². The van der Waals surface area contributed by atoms with E-state index in [4.69, 9.17) is 19.3 Å². The van der Waals surface area contributed by atoms with Gasteiger partial charge in [-0.1, -0.05) is 31.9 Å². The highest BCUT2D eigenvalue weighted by Crippen LogP contribution is 2.35. The van der Waals surface area contributed by atoms with E-state index in [1.54, 1.807) is 45.0 Å². The van der Waals surface area contributed by atoms with Crippen molar-refractivity contribution in [1.82, 2.24) is 0 Å². The summed E-state index contributed by atoms with van der Waals surface area (Å²) >= 11 is 0. The number of hydrogen-bond acceptors (Lipinski definition) is 7. The summed E-state index contributed by atoms with van der Waals surface area (Å²) < 4.78 is 16.4. The maximum Gasteiger partial charge on any atom is 0.341 e. The number of rotatable bonds is 16. The number of ketones is 1. The molecule has 8 heteroatoms. The molecule has 36 heavy (non-hydrogen) atoms. The molecule has 0 saturated heterocycles. The largest absolute Gasteiger partial charge is 0.482 e. The van der Waals surface area contributed by atoms with Crippen molar-refractivity contribution in [2.45, 2.75) is 105 Å². The summed E-state index contributed by atoms with van der Waals surface area (Å²) in [6, 6.07) is 6.66. The zero-order chi connectivity index (χ0) is 27.4. The second-order valence-corrected chi connectivity index (χ2v) is 10.3. The number of carbonyl (C=O) groups is 4. The van der Waals surface area contributed by atoms with Crippen LogP contribution in [0.3, 0.4) is 0 Å². The summed E-state index contributed by atoms with van der Waals surface area (Å²) in [5.41, 5.74) is -1.45. The molecule has 0 aliphatic heterocycles. The fraction of sp³-hybridized carbons (Fsp3) is 0.643. The highest BCUT2D eigenvalue weighted by molar-refractivity contribution is 6.03. The van der Waals surface area contributed by atoms with Crippen LogP contribution in [0, 0.1) is 5.41 Å². The van der Waals surface area contributed by atoms with E-state index in [0.717, 1.165) is 31.2 Å². The Kier molecular flexibility index (Phi) is 12.6. The predicted octanol–water partition coefficient (Wildman–Crippen LogP) is 5.29. The molecule has 0 bridgehead atoms. The van der Waals surface area contributed by atoms with Crippen molar-refractivity contribution in [3.8, 4) is 5.75 Å². The quantitative estimate of drug-likeness (QED) is 0.183. The average molecular weight is 507 g/mol. The number of carboxylic acid groups (broad SMARTS) is 1. The summed E-state index contributed by atoms with van der Waals surface area (Å²) in [5, 5.41) is 8.79. The summed E-state index contributed by atoms with van der Waals surface area (Å²) in [4.78, 5) is 48.8. The minimum absolute atomic E-state index is 0.129. The number of aliphatic carboxylic acids is 1. The standard InChI is InChI=1S/C28H42O8/c1-7-8-9-11-24(35-21(3)30)12-10-17-28(20(2)29,26(33)36-27(4,5)6)18-22-13-15-23(16-14-22)34-19-25(31)32/h13-16,24H,7-12,17-19H2,1-6H3,(H,31,32). The van der Waals surface area contributed by atoms with Gasteiger partial charge in [0.15, 0.2) is 6.61 Å². The van der Waals surface area contributed by atoms with Crippen molar-refractivity contribution in [2.24, 2.45) is 5.41 Å². The number of carbonyl (C=O) groups excluding carboxylic acids is 3. The number of hydrogen-bond donors (Lipinski definition) is 1. The lowest BCUT2D eigenvalue weighted by molar-refractivity contribution is -0.171. The van der Waals surface area contributed by atoms with Gasteiger partial charge in [-0.2, -0.15) is 0 Å². The van der Waals surface area contributed by atoms with E-state index in [0.29, 0.717) is 18.6 Å². The lowest BCUT2D eigenvalue weighted by Gasteiger charge is -2.33. The first-order valence-electron chi connectivity index (χ1n) is 12.6. The molecule has 2 atom stereocenters. The number of benzene rings is 1. The molecule has 2 unspecified atom stereocenters. The first-order valence-corrected chi connectivity index (χ1v) is 12.6. The fourth-order valence-corrected chi connectivity index (χ4v) is 4.03. The SMILES string of the molecule is CCCCCC(CCCC(Cc1ccc(OCC(=O)O)cc1)(C(C)=O)C(=O)OC(C)(C)C)OC(C)=O. The Morgan fingerprint density at radius 3 is 2.06 bits per heavy atom. The summed E-state index contributed by atoms with van der Waals surface area (Å²) in [6.45, 7) is 9.71. The molecular weight excluding hydrogens is 464 g/mol. The molecule has 0 radical (unpaired) electrons. The number of unbranched alkanes of at least 4 members (excludes halogenated alkanes) is 2. The Morgan fingerprint density at radius 2 is 1.56 bits per heavy atom. The number of esters is 2. The van der Waals surface area contributed by atoms with Crippen LogP contribution < -0.4 is 4.74 Å². The Hall–Kier alpha value is -2.90. The lowest BCUT2D eigenvalue weighted by Crippen LogP contribution is -2.44. The molecule has 0 aliphatic rings. The summed E-state index contributed by atoms with van der Waals surface area (Å²) in [5.74, 6) is -1.92. The smallest absolute Gasteiger partial charge is 0.341 e. The summed E-state index contributed by atoms with van der Waals surface area (Å²) in [6.07, 6.45) is 4.94. The van der Waals surface area contributed by atoms with Crippen LogP contribution in [-0.2, 0) is 35.1 Å². The van der Waals surface area contributed by atoms with Gasteiger partial charge in [-0.05, 0) is 83.9 Å². The second-order valence-electron chi connectivity index (χ2n) is 10.3. The minimum atomic E-state index is -1.40. The Labute approximate surface area is 214 Å². The molecule has 0 saturated carbocycles. The van der Waals surface area contributed by atoms with Gasteiger partial charge in [-0.15, -0.1) is 0 Å². The lowest BCUT2D eigenvalue weighted by atomic mass is 9.74. The van der Waals surface area contributed by atoms with Gasteiger partial charge in [0.2, 0.25) is 0 Å². The molecule has 1 rings (SSSR count). The molecule has 0 fully saturated rings. The molecule has 0 spiro atoms. The van der Waals surface area contributed by atoms with Gasteiger partial charge in [0, 0.05) is 6.92 Å². The van der Waals surface area contributed by atoms with Gasteiger partial charge in [0.05, 0.1) is 0 Å². The molecule has 0 aromatic heterocycles. The van der Waals surface area contributed by atoms with Crippen LogP contribution in [0.1, 0.15) is 92.1 Å². The first kappa shape index (κ1) is 31.1. The van der Waals surface area contributed by atoms with E-state index in [2.05, 4.69) is 6.92 Å². The van der Waals surface area contributed by atoms with Gasteiger partial charge in [0.25, 0.3) is 0 Å². The zero-order valence-electron chi connectivity index (χ0n) is 22.6. The Balaban J connectivity index is 3.12. The van der Waals surface area contributed by atoms with Crippen LogP contribution in [0.2, 0.25) is 0 Å². The van der Waals surface area contributed by atoms with Crippen molar-refractivity contribution in [3.63, 3.8) is 0 Å². The minimum Gasteiger partial charge on any atom is -0.482 e. The van der Waals surface area contributed by atoms with Gasteiger partial charge < -0.3 is 19.3 Å². The normalized spacial score (nSPS) is 13.8. The van der Waals surface area contributed by atoms with E-state index in [1.807, 2.05) is 0 Å². The molecule has 0 heterocycles. The van der Waals surface area contributed by atoms with Gasteiger partial charge in [-0.25, -0.2) is 4.79 Å². The van der Waals surface area contributed by atoms with E-state index in [1.165, 1.54) is 13.8 Å². The van der Waals surface area contributed by atoms with Crippen molar-refractivity contribution in [3.05, 3.63) is 29.8 Å².